The first-order chi connectivity index (χ1) is 9.20. The number of imidazole rings is 1. The number of anilines is 1. The number of aromatic amines is 1. The van der Waals surface area contributed by atoms with E-state index in [2.05, 4.69) is 20.4 Å². The Morgan fingerprint density at radius 3 is 3.11 bits per heavy atom. The van der Waals surface area contributed by atoms with Gasteiger partial charge in [-0.3, -0.25) is 4.68 Å². The number of rotatable bonds is 4. The van der Waals surface area contributed by atoms with Gasteiger partial charge in [-0.1, -0.05) is 0 Å². The molecular formula is C13H14FN5. The number of aromatic nitrogens is 4. The molecule has 0 aliphatic heterocycles. The van der Waals surface area contributed by atoms with Gasteiger partial charge in [-0.05, 0) is 30.2 Å². The van der Waals surface area contributed by atoms with Gasteiger partial charge >= 0.3 is 0 Å². The Morgan fingerprint density at radius 1 is 1.42 bits per heavy atom. The maximum atomic E-state index is 13.0. The van der Waals surface area contributed by atoms with Crippen molar-refractivity contribution in [2.75, 3.05) is 11.9 Å². The van der Waals surface area contributed by atoms with Crippen LogP contribution in [0.15, 0.2) is 30.6 Å². The summed E-state index contributed by atoms with van der Waals surface area (Å²) in [5, 5.41) is 7.30. The van der Waals surface area contributed by atoms with Crippen LogP contribution in [0.3, 0.4) is 0 Å². The van der Waals surface area contributed by atoms with E-state index >= 15 is 0 Å². The molecule has 19 heavy (non-hydrogen) atoms. The van der Waals surface area contributed by atoms with Gasteiger partial charge in [-0.2, -0.15) is 5.10 Å². The molecule has 3 aromatic rings. The Labute approximate surface area is 109 Å². The standard InChI is InChI=1S/C13H14FN5/c1-19-8-9(7-16-19)4-5-15-13-17-11-3-2-10(14)6-12(11)18-13/h2-3,6-8H,4-5H2,1H3,(H2,15,17,18). The summed E-state index contributed by atoms with van der Waals surface area (Å²) < 4.78 is 14.8. The van der Waals surface area contributed by atoms with E-state index in [0.717, 1.165) is 24.0 Å². The first-order valence-electron chi connectivity index (χ1n) is 6.07. The topological polar surface area (TPSA) is 58.5 Å². The molecule has 3 rings (SSSR count). The van der Waals surface area contributed by atoms with Gasteiger partial charge in [0, 0.05) is 19.8 Å². The third-order valence-corrected chi connectivity index (χ3v) is 2.91. The minimum absolute atomic E-state index is 0.266. The van der Waals surface area contributed by atoms with Crippen LogP contribution in [-0.4, -0.2) is 26.3 Å². The minimum atomic E-state index is -0.266. The van der Waals surface area contributed by atoms with Crippen LogP contribution < -0.4 is 5.32 Å². The molecule has 0 radical (unpaired) electrons. The number of nitrogens with one attached hydrogen (secondary N) is 2. The molecule has 0 atom stereocenters. The van der Waals surface area contributed by atoms with E-state index in [9.17, 15) is 4.39 Å². The second kappa shape index (κ2) is 4.72. The lowest BCUT2D eigenvalue weighted by atomic mass is 10.2. The van der Waals surface area contributed by atoms with Crippen LogP contribution in [-0.2, 0) is 13.5 Å². The summed E-state index contributed by atoms with van der Waals surface area (Å²) in [7, 11) is 1.89. The molecule has 6 heteroatoms. The normalized spacial score (nSPS) is 11.1. The maximum Gasteiger partial charge on any atom is 0.201 e. The van der Waals surface area contributed by atoms with Crippen molar-refractivity contribution in [2.24, 2.45) is 7.05 Å². The SMILES string of the molecule is Cn1cc(CCNc2nc3ccc(F)cc3[nH]2)cn1. The second-order valence-corrected chi connectivity index (χ2v) is 4.45. The van der Waals surface area contributed by atoms with E-state index in [1.165, 1.54) is 12.1 Å². The number of halogens is 1. The summed E-state index contributed by atoms with van der Waals surface area (Å²) in [5.41, 5.74) is 2.62. The zero-order valence-electron chi connectivity index (χ0n) is 10.5. The predicted molar refractivity (Wildman–Crippen MR) is 71.5 cm³/mol. The van der Waals surface area contributed by atoms with Gasteiger partial charge in [0.15, 0.2) is 0 Å². The highest BCUT2D eigenvalue weighted by atomic mass is 19.1. The number of fused-ring (bicyclic) bond motifs is 1. The molecule has 0 amide bonds. The van der Waals surface area contributed by atoms with Gasteiger partial charge in [0.05, 0.1) is 17.2 Å². The molecule has 1 aromatic carbocycles. The summed E-state index contributed by atoms with van der Waals surface area (Å²) in [6.45, 7) is 0.744. The van der Waals surface area contributed by atoms with Crippen LogP contribution >= 0.6 is 0 Å². The summed E-state index contributed by atoms with van der Waals surface area (Å²) in [6.07, 6.45) is 4.69. The zero-order chi connectivity index (χ0) is 13.2. The molecule has 0 aliphatic rings. The predicted octanol–water partition coefficient (Wildman–Crippen LogP) is 2.09. The number of aryl methyl sites for hydroxylation is 1. The highest BCUT2D eigenvalue weighted by Crippen LogP contribution is 2.15. The summed E-state index contributed by atoms with van der Waals surface area (Å²) in [4.78, 5) is 7.38. The zero-order valence-corrected chi connectivity index (χ0v) is 10.5. The maximum absolute atomic E-state index is 13.0. The molecule has 5 nitrogen and oxygen atoms in total. The van der Waals surface area contributed by atoms with Crippen molar-refractivity contribution in [3.63, 3.8) is 0 Å². The summed E-state index contributed by atoms with van der Waals surface area (Å²) in [5.74, 6) is 0.391. The lowest BCUT2D eigenvalue weighted by Gasteiger charge is -2.00. The van der Waals surface area contributed by atoms with Gasteiger partial charge in [0.25, 0.3) is 0 Å². The Kier molecular flexibility index (Phi) is 2.91. The molecule has 0 aliphatic carbocycles. The molecule has 98 valence electrons. The molecule has 0 fully saturated rings. The van der Waals surface area contributed by atoms with Crippen LogP contribution in [0.4, 0.5) is 10.3 Å². The van der Waals surface area contributed by atoms with E-state index in [0.29, 0.717) is 11.5 Å². The number of hydrogen-bond acceptors (Lipinski definition) is 3. The smallest absolute Gasteiger partial charge is 0.201 e. The van der Waals surface area contributed by atoms with Crippen LogP contribution in [0, 0.1) is 5.82 Å². The van der Waals surface area contributed by atoms with Gasteiger partial charge in [0.2, 0.25) is 5.95 Å². The summed E-state index contributed by atoms with van der Waals surface area (Å²) in [6, 6.07) is 4.50. The van der Waals surface area contributed by atoms with Crippen LogP contribution in [0.5, 0.6) is 0 Å². The van der Waals surface area contributed by atoms with Crippen LogP contribution in [0.1, 0.15) is 5.56 Å². The Bertz CT molecular complexity index is 700. The monoisotopic (exact) mass is 259 g/mol. The highest BCUT2D eigenvalue weighted by Gasteiger charge is 2.03. The largest absolute Gasteiger partial charge is 0.355 e. The third kappa shape index (κ3) is 2.57. The fraction of sp³-hybridized carbons (Fsp3) is 0.231. The number of hydrogen-bond donors (Lipinski definition) is 2. The van der Waals surface area contributed by atoms with Crippen molar-refractivity contribution in [3.05, 3.63) is 42.0 Å². The third-order valence-electron chi connectivity index (χ3n) is 2.91. The lowest BCUT2D eigenvalue weighted by Crippen LogP contribution is -2.05. The lowest BCUT2D eigenvalue weighted by molar-refractivity contribution is 0.629. The van der Waals surface area contributed by atoms with E-state index in [1.54, 1.807) is 10.7 Å². The molecule has 0 spiro atoms. The van der Waals surface area contributed by atoms with Crippen LogP contribution in [0.2, 0.25) is 0 Å². The molecule has 0 unspecified atom stereocenters. The molecule has 2 heterocycles. The van der Waals surface area contributed by atoms with Crippen molar-refractivity contribution < 1.29 is 4.39 Å². The summed E-state index contributed by atoms with van der Waals surface area (Å²) >= 11 is 0. The van der Waals surface area contributed by atoms with E-state index in [1.807, 2.05) is 19.4 Å². The average molecular weight is 259 g/mol. The van der Waals surface area contributed by atoms with Crippen molar-refractivity contribution in [1.82, 2.24) is 19.7 Å². The van der Waals surface area contributed by atoms with Gasteiger partial charge < -0.3 is 10.3 Å². The van der Waals surface area contributed by atoms with Crippen molar-refractivity contribution in [1.29, 1.82) is 0 Å². The van der Waals surface area contributed by atoms with Crippen LogP contribution in [0.25, 0.3) is 11.0 Å². The van der Waals surface area contributed by atoms with Crippen molar-refractivity contribution in [3.8, 4) is 0 Å². The molecular weight excluding hydrogens is 245 g/mol. The first kappa shape index (κ1) is 11.7. The van der Waals surface area contributed by atoms with E-state index < -0.39 is 0 Å². The second-order valence-electron chi connectivity index (χ2n) is 4.45. The number of benzene rings is 1. The molecule has 0 bridgehead atoms. The van der Waals surface area contributed by atoms with E-state index in [-0.39, 0.29) is 5.82 Å². The van der Waals surface area contributed by atoms with Gasteiger partial charge in [-0.15, -0.1) is 0 Å². The molecule has 0 saturated heterocycles. The molecule has 2 aromatic heterocycles. The Morgan fingerprint density at radius 2 is 2.32 bits per heavy atom. The Hall–Kier alpha value is -2.37. The fourth-order valence-corrected chi connectivity index (χ4v) is 1.99. The Balaban J connectivity index is 1.65. The number of H-pyrrole nitrogens is 1. The average Bonchev–Trinajstić information content (AvgIpc) is 2.95. The van der Waals surface area contributed by atoms with E-state index in [4.69, 9.17) is 0 Å². The fourth-order valence-electron chi connectivity index (χ4n) is 1.99. The molecule has 2 N–H and O–H groups in total. The quantitative estimate of drug-likeness (QED) is 0.754. The molecule has 0 saturated carbocycles. The van der Waals surface area contributed by atoms with Crippen molar-refractivity contribution >= 4 is 17.0 Å². The van der Waals surface area contributed by atoms with Gasteiger partial charge in [-0.25, -0.2) is 9.37 Å². The van der Waals surface area contributed by atoms with Gasteiger partial charge in [0.1, 0.15) is 5.82 Å². The minimum Gasteiger partial charge on any atom is -0.355 e. The van der Waals surface area contributed by atoms with Crippen molar-refractivity contribution in [2.45, 2.75) is 6.42 Å². The highest BCUT2D eigenvalue weighted by molar-refractivity contribution is 5.77. The number of nitrogens with zero attached hydrogens (tertiary/aromatic N) is 3. The first-order valence-corrected chi connectivity index (χ1v) is 6.07.